The number of nitrogens with one attached hydrogen (secondary N) is 1. The Bertz CT molecular complexity index is 1670. The maximum Gasteiger partial charge on any atom is 0.308 e. The second-order valence-electron chi connectivity index (χ2n) is 9.34. The van der Waals surface area contributed by atoms with Gasteiger partial charge in [0.1, 0.15) is 17.5 Å². The first kappa shape index (κ1) is 26.5. The highest BCUT2D eigenvalue weighted by Crippen LogP contribution is 2.53. The van der Waals surface area contributed by atoms with E-state index < -0.39 is 17.1 Å². The van der Waals surface area contributed by atoms with Crippen LogP contribution >= 0.6 is 39.0 Å². The molecule has 2 aliphatic heterocycles. The number of carbonyl (C=O) groups is 3. The first-order chi connectivity index (χ1) is 19.4. The van der Waals surface area contributed by atoms with Crippen LogP contribution in [0.2, 0.25) is 0 Å². The van der Waals surface area contributed by atoms with E-state index in [-0.39, 0.29) is 29.1 Å². The van der Waals surface area contributed by atoms with Gasteiger partial charge in [-0.05, 0) is 54.1 Å². The van der Waals surface area contributed by atoms with Crippen molar-refractivity contribution < 1.29 is 19.1 Å². The van der Waals surface area contributed by atoms with Crippen LogP contribution in [0, 0.1) is 5.92 Å². The lowest BCUT2D eigenvalue weighted by Gasteiger charge is -2.30. The highest BCUT2D eigenvalue weighted by molar-refractivity contribution is 9.10. The minimum absolute atomic E-state index is 0.221. The molecular weight excluding hydrogens is 614 g/mol. The fraction of sp³-hybridized carbons (Fsp3) is 0.172. The van der Waals surface area contributed by atoms with E-state index in [4.69, 9.17) is 4.74 Å². The van der Waals surface area contributed by atoms with Crippen LogP contribution in [0.1, 0.15) is 16.4 Å². The highest BCUT2D eigenvalue weighted by Gasteiger charge is 2.56. The molecule has 0 bridgehead atoms. The number of aromatic nitrogens is 1. The van der Waals surface area contributed by atoms with Gasteiger partial charge < -0.3 is 10.1 Å². The number of methoxy groups -OCH3 is 1. The molecule has 1 aromatic heterocycles. The van der Waals surface area contributed by atoms with Gasteiger partial charge in [-0.2, -0.15) is 0 Å². The summed E-state index contributed by atoms with van der Waals surface area (Å²) in [5.74, 6) is -1.53. The van der Waals surface area contributed by atoms with Gasteiger partial charge >= 0.3 is 4.87 Å². The highest BCUT2D eigenvalue weighted by atomic mass is 79.9. The normalized spacial score (nSPS) is 19.8. The number of halogens is 1. The smallest absolute Gasteiger partial charge is 0.308 e. The number of amides is 3. The molecule has 2 aliphatic rings. The van der Waals surface area contributed by atoms with Gasteiger partial charge in [0.05, 0.1) is 23.7 Å². The SMILES string of the molecule is COc1ccc(NC(=O)Cn2c3c(sc2=O)[C@@H](c2ccccc2)[C@H]2C(=O)N(c4ccc(Br)cc4)C(=O)[C@H]2S3)cc1. The number of benzene rings is 3. The lowest BCUT2D eigenvalue weighted by Crippen LogP contribution is -2.33. The first-order valence-corrected chi connectivity index (χ1v) is 14.9. The summed E-state index contributed by atoms with van der Waals surface area (Å²) in [5, 5.41) is 2.62. The maximum atomic E-state index is 13.9. The minimum Gasteiger partial charge on any atom is -0.497 e. The summed E-state index contributed by atoms with van der Waals surface area (Å²) in [6.45, 7) is -0.221. The number of ether oxygens (including phenoxy) is 1. The van der Waals surface area contributed by atoms with Crippen LogP contribution in [0.15, 0.2) is 93.2 Å². The zero-order chi connectivity index (χ0) is 28.0. The Morgan fingerprint density at radius 2 is 1.65 bits per heavy atom. The van der Waals surface area contributed by atoms with E-state index in [0.717, 1.165) is 21.4 Å². The number of rotatable bonds is 6. The number of hydrogen-bond acceptors (Lipinski definition) is 7. The second-order valence-corrected chi connectivity index (χ2v) is 12.4. The van der Waals surface area contributed by atoms with Crippen molar-refractivity contribution in [3.05, 3.63) is 103 Å². The van der Waals surface area contributed by atoms with Crippen molar-refractivity contribution in [3.63, 3.8) is 0 Å². The molecule has 1 saturated heterocycles. The molecule has 1 N–H and O–H groups in total. The summed E-state index contributed by atoms with van der Waals surface area (Å²) in [5.41, 5.74) is 1.91. The lowest BCUT2D eigenvalue weighted by molar-refractivity contribution is -0.122. The molecule has 40 heavy (non-hydrogen) atoms. The van der Waals surface area contributed by atoms with Crippen molar-refractivity contribution in [2.75, 3.05) is 17.3 Å². The predicted octanol–water partition coefficient (Wildman–Crippen LogP) is 5.12. The van der Waals surface area contributed by atoms with E-state index in [9.17, 15) is 19.2 Å². The predicted molar refractivity (Wildman–Crippen MR) is 158 cm³/mol. The van der Waals surface area contributed by atoms with Gasteiger partial charge in [0.15, 0.2) is 0 Å². The topological polar surface area (TPSA) is 97.7 Å². The molecule has 3 aromatic carbocycles. The molecule has 3 heterocycles. The summed E-state index contributed by atoms with van der Waals surface area (Å²) >= 11 is 5.62. The number of fused-ring (bicyclic) bond motifs is 2. The van der Waals surface area contributed by atoms with Crippen LogP contribution < -0.4 is 19.8 Å². The Morgan fingerprint density at radius 1 is 0.950 bits per heavy atom. The second kappa shape index (κ2) is 10.7. The van der Waals surface area contributed by atoms with Crippen LogP contribution in [0.5, 0.6) is 5.75 Å². The molecule has 0 spiro atoms. The number of imide groups is 1. The summed E-state index contributed by atoms with van der Waals surface area (Å²) in [4.78, 5) is 55.5. The van der Waals surface area contributed by atoms with Gasteiger partial charge in [0, 0.05) is 21.0 Å². The van der Waals surface area contributed by atoms with Gasteiger partial charge in [0.25, 0.3) is 0 Å². The molecule has 0 aliphatic carbocycles. The Morgan fingerprint density at radius 3 is 2.33 bits per heavy atom. The zero-order valence-corrected chi connectivity index (χ0v) is 24.3. The van der Waals surface area contributed by atoms with Crippen molar-refractivity contribution in [1.82, 2.24) is 4.57 Å². The molecule has 11 heteroatoms. The van der Waals surface area contributed by atoms with E-state index in [2.05, 4.69) is 21.2 Å². The summed E-state index contributed by atoms with van der Waals surface area (Å²) < 4.78 is 7.41. The molecule has 1 fully saturated rings. The summed E-state index contributed by atoms with van der Waals surface area (Å²) in [7, 11) is 1.56. The van der Waals surface area contributed by atoms with E-state index in [1.807, 2.05) is 30.3 Å². The minimum atomic E-state index is -0.737. The van der Waals surface area contributed by atoms with Crippen LogP contribution in [0.4, 0.5) is 11.4 Å². The van der Waals surface area contributed by atoms with E-state index in [1.54, 1.807) is 55.6 Å². The third-order valence-corrected chi connectivity index (χ3v) is 10.1. The third kappa shape index (κ3) is 4.67. The molecule has 8 nitrogen and oxygen atoms in total. The van der Waals surface area contributed by atoms with E-state index in [1.165, 1.54) is 21.2 Å². The molecule has 0 unspecified atom stereocenters. The third-order valence-electron chi connectivity index (χ3n) is 6.97. The Kier molecular flexibility index (Phi) is 7.11. The van der Waals surface area contributed by atoms with Gasteiger partial charge in [-0.25, -0.2) is 4.90 Å². The Balaban J connectivity index is 1.37. The number of anilines is 2. The number of thioether (sulfide) groups is 1. The number of carbonyl (C=O) groups excluding carboxylic acids is 3. The summed E-state index contributed by atoms with van der Waals surface area (Å²) in [6.07, 6.45) is 0. The molecule has 0 radical (unpaired) electrons. The maximum absolute atomic E-state index is 13.9. The molecule has 3 atom stereocenters. The lowest BCUT2D eigenvalue weighted by atomic mass is 9.83. The monoisotopic (exact) mass is 635 g/mol. The average molecular weight is 637 g/mol. The Hall–Kier alpha value is -3.67. The average Bonchev–Trinajstić information content (AvgIpc) is 3.40. The van der Waals surface area contributed by atoms with Crippen LogP contribution in [0.25, 0.3) is 0 Å². The molecule has 6 rings (SSSR count). The number of thiazole rings is 1. The van der Waals surface area contributed by atoms with E-state index in [0.29, 0.717) is 27.0 Å². The molecule has 0 saturated carbocycles. The molecule has 3 amide bonds. The quantitative estimate of drug-likeness (QED) is 0.296. The van der Waals surface area contributed by atoms with Crippen LogP contribution in [-0.2, 0) is 20.9 Å². The molecule has 4 aromatic rings. The van der Waals surface area contributed by atoms with Gasteiger partial charge in [-0.3, -0.25) is 23.7 Å². The van der Waals surface area contributed by atoms with Gasteiger partial charge in [-0.15, -0.1) is 0 Å². The van der Waals surface area contributed by atoms with Crippen LogP contribution in [-0.4, -0.2) is 34.6 Å². The van der Waals surface area contributed by atoms with Gasteiger partial charge in [-0.1, -0.05) is 69.4 Å². The van der Waals surface area contributed by atoms with Crippen molar-refractivity contribution in [1.29, 1.82) is 0 Å². The van der Waals surface area contributed by atoms with E-state index >= 15 is 0 Å². The molecular formula is C29H22BrN3O5S2. The summed E-state index contributed by atoms with van der Waals surface area (Å²) in [6, 6.07) is 23.4. The zero-order valence-electron chi connectivity index (χ0n) is 21.1. The van der Waals surface area contributed by atoms with Crippen LogP contribution in [0.3, 0.4) is 0 Å². The Labute approximate surface area is 246 Å². The number of hydrogen-bond donors (Lipinski definition) is 1. The molecule has 202 valence electrons. The van der Waals surface area contributed by atoms with Gasteiger partial charge in [0.2, 0.25) is 17.7 Å². The fourth-order valence-corrected chi connectivity index (χ4v) is 8.18. The first-order valence-electron chi connectivity index (χ1n) is 12.4. The fourth-order valence-electron chi connectivity index (χ4n) is 5.14. The van der Waals surface area contributed by atoms with Crippen molar-refractivity contribution in [2.45, 2.75) is 22.7 Å². The standard InChI is InChI=1S/C29H22BrN3O5S2/c1-38-20-13-9-18(10-14-20)31-21(34)15-32-28-25(40-29(32)37)22(16-5-3-2-4-6-16)23-24(39-28)27(36)33(26(23)35)19-11-7-17(30)8-12-19/h2-14,22-24H,15H2,1H3,(H,31,34)/t22-,23+,24-/m0/s1. The largest absolute Gasteiger partial charge is 0.497 e. The van der Waals surface area contributed by atoms with Crippen molar-refractivity contribution >= 4 is 68.1 Å². The van der Waals surface area contributed by atoms with Crippen molar-refractivity contribution in [2.24, 2.45) is 5.92 Å². The van der Waals surface area contributed by atoms with Crippen molar-refractivity contribution in [3.8, 4) is 5.75 Å². The number of nitrogens with zero attached hydrogens (tertiary/aromatic N) is 2.